The van der Waals surface area contributed by atoms with Gasteiger partial charge < -0.3 is 5.32 Å². The minimum atomic E-state index is -0.223. The third-order valence-corrected chi connectivity index (χ3v) is 3.89. The maximum absolute atomic E-state index is 12.4. The summed E-state index contributed by atoms with van der Waals surface area (Å²) in [5.74, 6) is -0.0225. The van der Waals surface area contributed by atoms with Gasteiger partial charge in [0.25, 0.3) is 5.56 Å². The maximum atomic E-state index is 12.4. The van der Waals surface area contributed by atoms with E-state index in [2.05, 4.69) is 10.3 Å². The summed E-state index contributed by atoms with van der Waals surface area (Å²) < 4.78 is 1.46. The molecular formula is C15H17N3O2. The lowest BCUT2D eigenvalue weighted by Crippen LogP contribution is -2.28. The van der Waals surface area contributed by atoms with Crippen LogP contribution in [0.2, 0.25) is 0 Å². The van der Waals surface area contributed by atoms with E-state index in [9.17, 15) is 9.59 Å². The Balaban J connectivity index is 1.98. The quantitative estimate of drug-likeness (QED) is 0.910. The number of nitrogens with one attached hydrogen (secondary N) is 1. The van der Waals surface area contributed by atoms with Gasteiger partial charge in [0.2, 0.25) is 5.91 Å². The Labute approximate surface area is 116 Å². The number of hydrogen-bond donors (Lipinski definition) is 1. The fraction of sp³-hybridized carbons (Fsp3) is 0.400. The summed E-state index contributed by atoms with van der Waals surface area (Å²) in [6.45, 7) is 1.75. The Hall–Kier alpha value is -2.17. The molecule has 3 rings (SSSR count). The normalized spacial score (nSPS) is 15.7. The second-order valence-corrected chi connectivity index (χ2v) is 5.28. The molecule has 2 aromatic heterocycles. The Kier molecular flexibility index (Phi) is 3.26. The van der Waals surface area contributed by atoms with Gasteiger partial charge in [-0.15, -0.1) is 0 Å². The van der Waals surface area contributed by atoms with Crippen LogP contribution in [0.1, 0.15) is 31.4 Å². The zero-order valence-corrected chi connectivity index (χ0v) is 11.4. The van der Waals surface area contributed by atoms with Crippen molar-refractivity contribution >= 4 is 17.2 Å². The molecule has 0 saturated heterocycles. The monoisotopic (exact) mass is 271 g/mol. The number of carbonyl (C=O) groups is 1. The van der Waals surface area contributed by atoms with Crippen LogP contribution in [0.4, 0.5) is 5.69 Å². The highest BCUT2D eigenvalue weighted by Gasteiger charge is 2.24. The van der Waals surface area contributed by atoms with E-state index in [1.807, 2.05) is 6.07 Å². The minimum Gasteiger partial charge on any atom is -0.320 e. The molecule has 1 N–H and O–H groups in total. The lowest BCUT2D eigenvalue weighted by atomic mass is 10.1. The Bertz CT molecular complexity index is 715. The summed E-state index contributed by atoms with van der Waals surface area (Å²) in [5.41, 5.74) is 1.23. The summed E-state index contributed by atoms with van der Waals surface area (Å²) in [7, 11) is 0. The number of aromatic nitrogens is 2. The molecule has 1 fully saturated rings. The van der Waals surface area contributed by atoms with E-state index in [0.717, 1.165) is 25.7 Å². The first-order chi connectivity index (χ1) is 9.66. The summed E-state index contributed by atoms with van der Waals surface area (Å²) >= 11 is 0. The Morgan fingerprint density at radius 2 is 2.10 bits per heavy atom. The van der Waals surface area contributed by atoms with E-state index < -0.39 is 0 Å². The van der Waals surface area contributed by atoms with Gasteiger partial charge in [-0.2, -0.15) is 0 Å². The van der Waals surface area contributed by atoms with Crippen molar-refractivity contribution in [3.8, 4) is 0 Å². The zero-order chi connectivity index (χ0) is 14.1. The number of amides is 1. The highest BCUT2D eigenvalue weighted by Crippen LogP contribution is 2.25. The van der Waals surface area contributed by atoms with Crippen molar-refractivity contribution in [1.29, 1.82) is 0 Å². The van der Waals surface area contributed by atoms with Gasteiger partial charge in [-0.3, -0.25) is 14.0 Å². The van der Waals surface area contributed by atoms with Crippen LogP contribution >= 0.6 is 0 Å². The van der Waals surface area contributed by atoms with Crippen molar-refractivity contribution in [3.05, 3.63) is 40.4 Å². The number of pyridine rings is 1. The predicted molar refractivity (Wildman–Crippen MR) is 76.8 cm³/mol. The van der Waals surface area contributed by atoms with Crippen molar-refractivity contribution < 1.29 is 4.79 Å². The van der Waals surface area contributed by atoms with Gasteiger partial charge in [0.1, 0.15) is 11.3 Å². The van der Waals surface area contributed by atoms with Crippen molar-refractivity contribution in [2.45, 2.75) is 32.6 Å². The molecule has 20 heavy (non-hydrogen) atoms. The highest BCUT2D eigenvalue weighted by molar-refractivity contribution is 5.93. The maximum Gasteiger partial charge on any atom is 0.281 e. The number of hydrogen-bond acceptors (Lipinski definition) is 3. The van der Waals surface area contributed by atoms with Crippen LogP contribution in [0.5, 0.6) is 0 Å². The van der Waals surface area contributed by atoms with E-state index in [-0.39, 0.29) is 17.4 Å². The van der Waals surface area contributed by atoms with Gasteiger partial charge in [0.15, 0.2) is 0 Å². The first-order valence-corrected chi connectivity index (χ1v) is 6.95. The molecule has 0 aliphatic heterocycles. The number of nitrogens with zero attached hydrogens (tertiary/aromatic N) is 2. The van der Waals surface area contributed by atoms with Crippen LogP contribution in [-0.4, -0.2) is 15.3 Å². The summed E-state index contributed by atoms with van der Waals surface area (Å²) in [6, 6.07) is 5.38. The van der Waals surface area contributed by atoms with E-state index in [1.54, 1.807) is 25.3 Å². The smallest absolute Gasteiger partial charge is 0.281 e. The van der Waals surface area contributed by atoms with Crippen molar-refractivity contribution in [2.75, 3.05) is 5.32 Å². The van der Waals surface area contributed by atoms with Crippen molar-refractivity contribution in [2.24, 2.45) is 5.92 Å². The molecule has 0 unspecified atom stereocenters. The van der Waals surface area contributed by atoms with Gasteiger partial charge in [-0.1, -0.05) is 18.9 Å². The first-order valence-electron chi connectivity index (χ1n) is 6.95. The van der Waals surface area contributed by atoms with Crippen LogP contribution in [0.3, 0.4) is 0 Å². The van der Waals surface area contributed by atoms with E-state index >= 15 is 0 Å². The van der Waals surface area contributed by atoms with Gasteiger partial charge in [0, 0.05) is 12.1 Å². The lowest BCUT2D eigenvalue weighted by molar-refractivity contribution is -0.119. The fourth-order valence-corrected chi connectivity index (χ4v) is 2.76. The standard InChI is InChI=1S/C15H17N3O2/c1-10-13(17-14(19)11-6-2-3-7-11)15(20)18-9-5-4-8-12(18)16-10/h4-5,8-9,11H,2-3,6-7H2,1H3,(H,17,19). The first kappa shape index (κ1) is 12.8. The molecular weight excluding hydrogens is 254 g/mol. The molecule has 0 bridgehead atoms. The Morgan fingerprint density at radius 1 is 1.35 bits per heavy atom. The number of aryl methyl sites for hydroxylation is 1. The molecule has 5 heteroatoms. The number of rotatable bonds is 2. The Morgan fingerprint density at radius 3 is 2.85 bits per heavy atom. The van der Waals surface area contributed by atoms with Gasteiger partial charge >= 0.3 is 0 Å². The predicted octanol–water partition coefficient (Wildman–Crippen LogP) is 2.13. The number of anilines is 1. The topological polar surface area (TPSA) is 63.5 Å². The summed E-state index contributed by atoms with van der Waals surface area (Å²) in [6.07, 6.45) is 5.66. The van der Waals surface area contributed by atoms with Crippen molar-refractivity contribution in [3.63, 3.8) is 0 Å². The average molecular weight is 271 g/mol. The zero-order valence-electron chi connectivity index (χ0n) is 11.4. The number of carbonyl (C=O) groups excluding carboxylic acids is 1. The second kappa shape index (κ2) is 5.07. The van der Waals surface area contributed by atoms with Gasteiger partial charge in [0.05, 0.1) is 5.69 Å². The van der Waals surface area contributed by atoms with Crippen LogP contribution < -0.4 is 10.9 Å². The molecule has 2 aromatic rings. The fourth-order valence-electron chi connectivity index (χ4n) is 2.76. The molecule has 1 saturated carbocycles. The summed E-state index contributed by atoms with van der Waals surface area (Å²) in [4.78, 5) is 28.9. The molecule has 2 heterocycles. The third kappa shape index (κ3) is 2.19. The molecule has 5 nitrogen and oxygen atoms in total. The number of fused-ring (bicyclic) bond motifs is 1. The van der Waals surface area contributed by atoms with Gasteiger partial charge in [-0.25, -0.2) is 4.98 Å². The van der Waals surface area contributed by atoms with Crippen LogP contribution in [0, 0.1) is 12.8 Å². The minimum absolute atomic E-state index is 0.0327. The molecule has 0 radical (unpaired) electrons. The molecule has 1 amide bonds. The van der Waals surface area contributed by atoms with E-state index in [1.165, 1.54) is 4.40 Å². The SMILES string of the molecule is Cc1nc2ccccn2c(=O)c1NC(=O)C1CCCC1. The largest absolute Gasteiger partial charge is 0.320 e. The van der Waals surface area contributed by atoms with Crippen LogP contribution in [0.15, 0.2) is 29.2 Å². The molecule has 0 atom stereocenters. The average Bonchev–Trinajstić information content (AvgIpc) is 2.97. The third-order valence-electron chi connectivity index (χ3n) is 3.89. The molecule has 0 aromatic carbocycles. The summed E-state index contributed by atoms with van der Waals surface area (Å²) in [5, 5.41) is 2.78. The lowest BCUT2D eigenvalue weighted by Gasteiger charge is -2.12. The van der Waals surface area contributed by atoms with E-state index in [4.69, 9.17) is 0 Å². The highest BCUT2D eigenvalue weighted by atomic mass is 16.2. The molecule has 104 valence electrons. The molecule has 1 aliphatic rings. The molecule has 0 spiro atoms. The van der Waals surface area contributed by atoms with Crippen molar-refractivity contribution in [1.82, 2.24) is 9.38 Å². The van der Waals surface area contributed by atoms with E-state index in [0.29, 0.717) is 17.0 Å². The molecule has 1 aliphatic carbocycles. The van der Waals surface area contributed by atoms with Crippen LogP contribution in [-0.2, 0) is 4.79 Å². The van der Waals surface area contributed by atoms with Gasteiger partial charge in [-0.05, 0) is 31.9 Å². The van der Waals surface area contributed by atoms with Crippen LogP contribution in [0.25, 0.3) is 5.65 Å². The second-order valence-electron chi connectivity index (χ2n) is 5.28.